The molecule has 2 rings (SSSR count). The number of carbonyl (C=O) groups is 1. The first kappa shape index (κ1) is 14.4. The predicted octanol–water partition coefficient (Wildman–Crippen LogP) is 3.68. The van der Waals surface area contributed by atoms with Gasteiger partial charge < -0.3 is 10.6 Å². The van der Waals surface area contributed by atoms with E-state index in [1.54, 1.807) is 12.1 Å². The average Bonchev–Trinajstić information content (AvgIpc) is 2.42. The molecule has 0 unspecified atom stereocenters. The quantitative estimate of drug-likeness (QED) is 0.862. The van der Waals surface area contributed by atoms with Crippen molar-refractivity contribution in [3.05, 3.63) is 28.2 Å². The first-order valence-electron chi connectivity index (χ1n) is 6.88. The van der Waals surface area contributed by atoms with Crippen LogP contribution in [-0.2, 0) is 0 Å². The number of carbonyl (C=O) groups excluding carboxylic acids is 1. The Morgan fingerprint density at radius 3 is 2.74 bits per heavy atom. The van der Waals surface area contributed by atoms with Gasteiger partial charge in [0.25, 0.3) is 5.91 Å². The van der Waals surface area contributed by atoms with Crippen LogP contribution in [0.2, 0.25) is 0 Å². The molecule has 0 atom stereocenters. The van der Waals surface area contributed by atoms with Gasteiger partial charge in [-0.05, 0) is 37.0 Å². The summed E-state index contributed by atoms with van der Waals surface area (Å²) in [5, 5.41) is 0. The molecule has 1 aromatic carbocycles. The molecule has 2 N–H and O–H groups in total. The number of anilines is 1. The molecule has 0 saturated heterocycles. The summed E-state index contributed by atoms with van der Waals surface area (Å²) >= 11 is 3.39. The molecule has 4 heteroatoms. The van der Waals surface area contributed by atoms with Crippen molar-refractivity contribution < 1.29 is 4.79 Å². The topological polar surface area (TPSA) is 46.3 Å². The van der Waals surface area contributed by atoms with E-state index in [4.69, 9.17) is 5.73 Å². The van der Waals surface area contributed by atoms with Crippen molar-refractivity contribution in [2.75, 3.05) is 19.3 Å². The Labute approximate surface area is 123 Å². The molecule has 0 spiro atoms. The molecule has 0 aliphatic heterocycles. The fourth-order valence-corrected chi connectivity index (χ4v) is 3.12. The first-order valence-corrected chi connectivity index (χ1v) is 7.67. The molecule has 0 radical (unpaired) electrons. The van der Waals surface area contributed by atoms with Gasteiger partial charge in [-0.15, -0.1) is 0 Å². The van der Waals surface area contributed by atoms with Gasteiger partial charge >= 0.3 is 0 Å². The molecule has 104 valence electrons. The molecule has 1 fully saturated rings. The fraction of sp³-hybridized carbons (Fsp3) is 0.533. The highest BCUT2D eigenvalue weighted by Crippen LogP contribution is 2.25. The van der Waals surface area contributed by atoms with Gasteiger partial charge in [0.15, 0.2) is 0 Å². The number of hydrogen-bond acceptors (Lipinski definition) is 2. The van der Waals surface area contributed by atoms with Crippen LogP contribution in [-0.4, -0.2) is 24.4 Å². The summed E-state index contributed by atoms with van der Waals surface area (Å²) in [4.78, 5) is 14.2. The van der Waals surface area contributed by atoms with Crippen LogP contribution >= 0.6 is 15.9 Å². The van der Waals surface area contributed by atoms with Crippen molar-refractivity contribution >= 4 is 27.5 Å². The van der Waals surface area contributed by atoms with Crippen LogP contribution in [0.1, 0.15) is 42.5 Å². The molecular weight excluding hydrogens is 304 g/mol. The predicted molar refractivity (Wildman–Crippen MR) is 82.1 cm³/mol. The van der Waals surface area contributed by atoms with E-state index in [1.165, 1.54) is 32.1 Å². The Morgan fingerprint density at radius 2 is 2.05 bits per heavy atom. The zero-order chi connectivity index (χ0) is 13.8. The second-order valence-corrected chi connectivity index (χ2v) is 6.34. The molecule has 19 heavy (non-hydrogen) atoms. The number of hydrogen-bond donors (Lipinski definition) is 1. The van der Waals surface area contributed by atoms with Gasteiger partial charge in [-0.1, -0.05) is 35.2 Å². The maximum atomic E-state index is 12.4. The Balaban J connectivity index is 2.03. The van der Waals surface area contributed by atoms with Gasteiger partial charge in [0, 0.05) is 23.8 Å². The summed E-state index contributed by atoms with van der Waals surface area (Å²) in [5.41, 5.74) is 7.03. The number of rotatable bonds is 3. The van der Waals surface area contributed by atoms with Gasteiger partial charge in [0.2, 0.25) is 0 Å². The van der Waals surface area contributed by atoms with E-state index in [-0.39, 0.29) is 5.91 Å². The van der Waals surface area contributed by atoms with Crippen LogP contribution in [0, 0.1) is 5.92 Å². The summed E-state index contributed by atoms with van der Waals surface area (Å²) in [6.07, 6.45) is 6.42. The molecule has 1 aromatic rings. The van der Waals surface area contributed by atoms with Crippen molar-refractivity contribution in [3.63, 3.8) is 0 Å². The smallest absolute Gasteiger partial charge is 0.255 e. The highest BCUT2D eigenvalue weighted by Gasteiger charge is 2.20. The monoisotopic (exact) mass is 324 g/mol. The lowest BCUT2D eigenvalue weighted by Gasteiger charge is -2.27. The zero-order valence-electron chi connectivity index (χ0n) is 11.4. The minimum Gasteiger partial charge on any atom is -0.398 e. The number of amides is 1. The first-order chi connectivity index (χ1) is 9.08. The molecule has 0 heterocycles. The van der Waals surface area contributed by atoms with E-state index in [0.717, 1.165) is 11.0 Å². The number of benzene rings is 1. The maximum absolute atomic E-state index is 12.4. The summed E-state index contributed by atoms with van der Waals surface area (Å²) in [5.74, 6) is 0.667. The van der Waals surface area contributed by atoms with E-state index in [0.29, 0.717) is 17.2 Å². The average molecular weight is 325 g/mol. The van der Waals surface area contributed by atoms with E-state index < -0.39 is 0 Å². The third-order valence-corrected chi connectivity index (χ3v) is 4.34. The van der Waals surface area contributed by atoms with Gasteiger partial charge in [0.1, 0.15) is 0 Å². The minimum absolute atomic E-state index is 0.0179. The Kier molecular flexibility index (Phi) is 4.86. The van der Waals surface area contributed by atoms with Crippen molar-refractivity contribution in [1.29, 1.82) is 0 Å². The molecule has 1 aliphatic carbocycles. The van der Waals surface area contributed by atoms with E-state index in [2.05, 4.69) is 15.9 Å². The SMILES string of the molecule is CN(CC1CCCCC1)C(=O)c1cc(Br)ccc1N. The van der Waals surface area contributed by atoms with Crippen LogP contribution in [0.25, 0.3) is 0 Å². The second kappa shape index (κ2) is 6.42. The van der Waals surface area contributed by atoms with Crippen molar-refractivity contribution in [3.8, 4) is 0 Å². The van der Waals surface area contributed by atoms with Gasteiger partial charge in [0.05, 0.1) is 5.56 Å². The normalized spacial score (nSPS) is 16.3. The van der Waals surface area contributed by atoms with Crippen LogP contribution in [0.3, 0.4) is 0 Å². The number of nitrogens with zero attached hydrogens (tertiary/aromatic N) is 1. The van der Waals surface area contributed by atoms with Crippen molar-refractivity contribution in [2.45, 2.75) is 32.1 Å². The van der Waals surface area contributed by atoms with Crippen LogP contribution in [0.15, 0.2) is 22.7 Å². The van der Waals surface area contributed by atoms with Gasteiger partial charge in [-0.3, -0.25) is 4.79 Å². The lowest BCUT2D eigenvalue weighted by molar-refractivity contribution is 0.0761. The Morgan fingerprint density at radius 1 is 1.37 bits per heavy atom. The third-order valence-electron chi connectivity index (χ3n) is 3.85. The summed E-state index contributed by atoms with van der Waals surface area (Å²) in [7, 11) is 1.87. The van der Waals surface area contributed by atoms with Crippen molar-refractivity contribution in [1.82, 2.24) is 4.90 Å². The molecule has 1 saturated carbocycles. The Hall–Kier alpha value is -1.03. The summed E-state index contributed by atoms with van der Waals surface area (Å²) < 4.78 is 0.885. The van der Waals surface area contributed by atoms with Gasteiger partial charge in [-0.25, -0.2) is 0 Å². The molecular formula is C15H21BrN2O. The highest BCUT2D eigenvalue weighted by atomic mass is 79.9. The van der Waals surface area contributed by atoms with Crippen LogP contribution < -0.4 is 5.73 Å². The van der Waals surface area contributed by atoms with Gasteiger partial charge in [-0.2, -0.15) is 0 Å². The lowest BCUT2D eigenvalue weighted by Crippen LogP contribution is -2.33. The third kappa shape index (κ3) is 3.72. The molecule has 3 nitrogen and oxygen atoms in total. The molecule has 1 amide bonds. The maximum Gasteiger partial charge on any atom is 0.255 e. The second-order valence-electron chi connectivity index (χ2n) is 5.42. The van der Waals surface area contributed by atoms with Crippen LogP contribution in [0.5, 0.6) is 0 Å². The minimum atomic E-state index is 0.0179. The number of nitrogen functional groups attached to an aromatic ring is 1. The number of halogens is 1. The fourth-order valence-electron chi connectivity index (χ4n) is 2.76. The molecule has 0 bridgehead atoms. The van der Waals surface area contributed by atoms with Crippen molar-refractivity contribution in [2.24, 2.45) is 5.92 Å². The lowest BCUT2D eigenvalue weighted by atomic mass is 9.89. The molecule has 1 aliphatic rings. The standard InChI is InChI=1S/C15H21BrN2O/c1-18(10-11-5-3-2-4-6-11)15(19)13-9-12(16)7-8-14(13)17/h7-9,11H,2-6,10,17H2,1H3. The van der Waals surface area contributed by atoms with Crippen LogP contribution in [0.4, 0.5) is 5.69 Å². The van der Waals surface area contributed by atoms with E-state index in [1.807, 2.05) is 18.0 Å². The summed E-state index contributed by atoms with van der Waals surface area (Å²) in [6.45, 7) is 0.838. The number of nitrogens with two attached hydrogens (primary N) is 1. The summed E-state index contributed by atoms with van der Waals surface area (Å²) in [6, 6.07) is 5.42. The zero-order valence-corrected chi connectivity index (χ0v) is 12.9. The largest absolute Gasteiger partial charge is 0.398 e. The molecule has 0 aromatic heterocycles. The van der Waals surface area contributed by atoms with E-state index >= 15 is 0 Å². The highest BCUT2D eigenvalue weighted by molar-refractivity contribution is 9.10. The Bertz CT molecular complexity index is 455. The van der Waals surface area contributed by atoms with E-state index in [9.17, 15) is 4.79 Å².